The number of carbonyl (C=O) groups is 1. The van der Waals surface area contributed by atoms with Crippen LogP contribution in [0.4, 0.5) is 4.79 Å². The molecule has 1 saturated carbocycles. The average Bonchev–Trinajstić information content (AvgIpc) is 3.37. The van der Waals surface area contributed by atoms with Crippen molar-refractivity contribution in [2.75, 3.05) is 32.8 Å². The highest BCUT2D eigenvalue weighted by molar-refractivity contribution is 7.15. The van der Waals surface area contributed by atoms with Crippen LogP contribution in [0.5, 0.6) is 0 Å². The summed E-state index contributed by atoms with van der Waals surface area (Å²) in [5.41, 5.74) is 4.55. The van der Waals surface area contributed by atoms with Gasteiger partial charge in [0.25, 0.3) is 0 Å². The smallest absolute Gasteiger partial charge is 0.318 e. The maximum absolute atomic E-state index is 12.6. The van der Waals surface area contributed by atoms with Crippen molar-refractivity contribution < 1.29 is 9.53 Å². The number of fused-ring (bicyclic) bond motifs is 1. The quantitative estimate of drug-likeness (QED) is 0.569. The summed E-state index contributed by atoms with van der Waals surface area (Å²) in [7, 11) is 0. The molecular weight excluding hydrogens is 446 g/mol. The second-order valence-corrected chi connectivity index (χ2v) is 10.7. The molecule has 1 atom stereocenters. The molecule has 2 aliphatic heterocycles. The van der Waals surface area contributed by atoms with Gasteiger partial charge >= 0.3 is 6.03 Å². The summed E-state index contributed by atoms with van der Waals surface area (Å²) in [6.07, 6.45) is 9.34. The SMILES string of the molecule is CC1C=C(c2c[nH]c3ncc(-c4ccc(CN5CCOCC5)s4)cc23)CCN1C(=O)NC1CC1. The summed E-state index contributed by atoms with van der Waals surface area (Å²) >= 11 is 1.85. The molecule has 2 amide bonds. The van der Waals surface area contributed by atoms with Crippen LogP contribution in [-0.2, 0) is 11.3 Å². The first-order chi connectivity index (χ1) is 16.6. The van der Waals surface area contributed by atoms with Crippen molar-refractivity contribution in [1.82, 2.24) is 25.1 Å². The van der Waals surface area contributed by atoms with Crippen molar-refractivity contribution >= 4 is 34.0 Å². The number of aromatic nitrogens is 2. The number of hydrogen-bond donors (Lipinski definition) is 2. The third-order valence-electron chi connectivity index (χ3n) is 7.03. The van der Waals surface area contributed by atoms with Gasteiger partial charge in [-0.05, 0) is 50.0 Å². The number of ether oxygens (including phenoxy) is 1. The molecule has 0 bridgehead atoms. The molecule has 1 aliphatic carbocycles. The number of urea groups is 1. The van der Waals surface area contributed by atoms with Gasteiger partial charge in [-0.15, -0.1) is 11.3 Å². The molecule has 3 aromatic heterocycles. The van der Waals surface area contributed by atoms with Gasteiger partial charge in [0.15, 0.2) is 0 Å². The van der Waals surface area contributed by atoms with Crippen molar-refractivity contribution in [3.63, 3.8) is 0 Å². The van der Waals surface area contributed by atoms with Gasteiger partial charge in [-0.1, -0.05) is 6.08 Å². The number of thiophene rings is 1. The Morgan fingerprint density at radius 2 is 2.12 bits per heavy atom. The molecule has 5 heterocycles. The minimum atomic E-state index is 0.0683. The fraction of sp³-hybridized carbons (Fsp3) is 0.462. The van der Waals surface area contributed by atoms with Gasteiger partial charge in [-0.25, -0.2) is 9.78 Å². The second kappa shape index (κ2) is 9.17. The zero-order valence-corrected chi connectivity index (χ0v) is 20.4. The van der Waals surface area contributed by atoms with Gasteiger partial charge < -0.3 is 19.9 Å². The van der Waals surface area contributed by atoms with Crippen LogP contribution in [0.25, 0.3) is 27.0 Å². The number of pyridine rings is 1. The van der Waals surface area contributed by atoms with Gasteiger partial charge in [0, 0.05) is 76.9 Å². The molecular formula is C26H31N5O2S. The van der Waals surface area contributed by atoms with Gasteiger partial charge in [0.05, 0.1) is 13.2 Å². The summed E-state index contributed by atoms with van der Waals surface area (Å²) in [6, 6.07) is 7.24. The van der Waals surface area contributed by atoms with E-state index >= 15 is 0 Å². The van der Waals surface area contributed by atoms with E-state index in [1.165, 1.54) is 20.9 Å². The van der Waals surface area contributed by atoms with E-state index < -0.39 is 0 Å². The zero-order valence-electron chi connectivity index (χ0n) is 19.5. The maximum atomic E-state index is 12.6. The molecule has 0 spiro atoms. The lowest BCUT2D eigenvalue weighted by Crippen LogP contribution is -2.47. The number of nitrogens with zero attached hydrogens (tertiary/aromatic N) is 3. The average molecular weight is 478 g/mol. The number of morpholine rings is 1. The lowest BCUT2D eigenvalue weighted by atomic mass is 9.96. The molecule has 3 aromatic rings. The standard InChI is InChI=1S/C26H31N5O2S/c1-17-12-18(6-7-31(17)26(32)29-20-2-3-20)23-15-28-25-22(23)13-19(14-27-25)24-5-4-21(34-24)16-30-8-10-33-11-9-30/h4-5,12-15,17,20H,2-3,6-11,16H2,1H3,(H,27,28)(H,29,32). The summed E-state index contributed by atoms with van der Waals surface area (Å²) < 4.78 is 5.47. The van der Waals surface area contributed by atoms with Crippen molar-refractivity contribution in [2.24, 2.45) is 0 Å². The number of rotatable bonds is 5. The van der Waals surface area contributed by atoms with E-state index in [4.69, 9.17) is 9.72 Å². The molecule has 178 valence electrons. The largest absolute Gasteiger partial charge is 0.379 e. The van der Waals surface area contributed by atoms with E-state index in [0.717, 1.165) is 75.3 Å². The van der Waals surface area contributed by atoms with Crippen LogP contribution < -0.4 is 5.32 Å². The normalized spacial score (nSPS) is 21.6. The monoisotopic (exact) mass is 477 g/mol. The Kier molecular flexibility index (Phi) is 5.89. The summed E-state index contributed by atoms with van der Waals surface area (Å²) in [6.45, 7) is 7.47. The van der Waals surface area contributed by atoms with Crippen molar-refractivity contribution in [3.05, 3.63) is 47.1 Å². The predicted octanol–water partition coefficient (Wildman–Crippen LogP) is 4.47. The summed E-state index contributed by atoms with van der Waals surface area (Å²) in [4.78, 5) is 27.6. The first kappa shape index (κ1) is 21.8. The van der Waals surface area contributed by atoms with E-state index in [0.29, 0.717) is 6.04 Å². The third kappa shape index (κ3) is 4.50. The second-order valence-electron chi connectivity index (χ2n) is 9.58. The van der Waals surface area contributed by atoms with E-state index in [1.807, 2.05) is 22.4 Å². The van der Waals surface area contributed by atoms with Gasteiger partial charge in [-0.2, -0.15) is 0 Å². The van der Waals surface area contributed by atoms with Crippen LogP contribution in [0.2, 0.25) is 0 Å². The molecule has 8 heteroatoms. The van der Waals surface area contributed by atoms with E-state index in [2.05, 4.69) is 52.6 Å². The van der Waals surface area contributed by atoms with Gasteiger partial charge in [0.1, 0.15) is 5.65 Å². The van der Waals surface area contributed by atoms with Gasteiger partial charge in [0.2, 0.25) is 0 Å². The Morgan fingerprint density at radius 1 is 1.26 bits per heavy atom. The van der Waals surface area contributed by atoms with Crippen LogP contribution in [0, 0.1) is 0 Å². The van der Waals surface area contributed by atoms with Crippen LogP contribution in [0.3, 0.4) is 0 Å². The molecule has 7 nitrogen and oxygen atoms in total. The Labute approximate surface area is 203 Å². The Hall–Kier alpha value is -2.68. The Bertz CT molecular complexity index is 1220. The molecule has 2 N–H and O–H groups in total. The highest BCUT2D eigenvalue weighted by Gasteiger charge is 2.29. The summed E-state index contributed by atoms with van der Waals surface area (Å²) in [5.74, 6) is 0. The van der Waals surface area contributed by atoms with E-state index in [9.17, 15) is 4.79 Å². The number of nitrogens with one attached hydrogen (secondary N) is 2. The number of H-pyrrole nitrogens is 1. The van der Waals surface area contributed by atoms with Crippen LogP contribution in [0.15, 0.2) is 36.7 Å². The number of aromatic amines is 1. The highest BCUT2D eigenvalue weighted by Crippen LogP contribution is 2.35. The molecule has 2 fully saturated rings. The van der Waals surface area contributed by atoms with Crippen LogP contribution in [0.1, 0.15) is 36.6 Å². The minimum Gasteiger partial charge on any atom is -0.379 e. The number of amides is 2. The number of carbonyl (C=O) groups excluding carboxylic acids is 1. The lowest BCUT2D eigenvalue weighted by molar-refractivity contribution is 0.0346. The fourth-order valence-corrected chi connectivity index (χ4v) is 5.94. The van der Waals surface area contributed by atoms with E-state index in [-0.39, 0.29) is 12.1 Å². The fourth-order valence-electron chi connectivity index (χ4n) is 4.91. The molecule has 1 unspecified atom stereocenters. The van der Waals surface area contributed by atoms with Crippen molar-refractivity contribution in [1.29, 1.82) is 0 Å². The lowest BCUT2D eigenvalue weighted by Gasteiger charge is -2.32. The van der Waals surface area contributed by atoms with Crippen LogP contribution >= 0.6 is 11.3 Å². The topological polar surface area (TPSA) is 73.5 Å². The van der Waals surface area contributed by atoms with Crippen molar-refractivity contribution in [3.8, 4) is 10.4 Å². The van der Waals surface area contributed by atoms with E-state index in [1.54, 1.807) is 0 Å². The molecule has 34 heavy (non-hydrogen) atoms. The molecule has 3 aliphatic rings. The molecule has 0 aromatic carbocycles. The first-order valence-electron chi connectivity index (χ1n) is 12.3. The number of hydrogen-bond acceptors (Lipinski definition) is 5. The van der Waals surface area contributed by atoms with Crippen molar-refractivity contribution in [2.45, 2.75) is 44.8 Å². The molecule has 1 saturated heterocycles. The van der Waals surface area contributed by atoms with Crippen LogP contribution in [-0.4, -0.2) is 70.7 Å². The summed E-state index contributed by atoms with van der Waals surface area (Å²) in [5, 5.41) is 4.27. The zero-order chi connectivity index (χ0) is 23.1. The maximum Gasteiger partial charge on any atom is 0.318 e. The Balaban J connectivity index is 1.22. The third-order valence-corrected chi connectivity index (χ3v) is 8.15. The predicted molar refractivity (Wildman–Crippen MR) is 136 cm³/mol. The van der Waals surface area contributed by atoms with Gasteiger partial charge in [-0.3, -0.25) is 4.90 Å². The first-order valence-corrected chi connectivity index (χ1v) is 13.1. The molecule has 0 radical (unpaired) electrons. The molecule has 6 rings (SSSR count). The Morgan fingerprint density at radius 3 is 2.91 bits per heavy atom. The minimum absolute atomic E-state index is 0.0683. The highest BCUT2D eigenvalue weighted by atomic mass is 32.1.